The molecule has 0 N–H and O–H groups in total. The summed E-state index contributed by atoms with van der Waals surface area (Å²) >= 11 is 0. The van der Waals surface area contributed by atoms with Gasteiger partial charge in [-0.3, -0.25) is 4.57 Å². The maximum atomic E-state index is 13.5. The second kappa shape index (κ2) is 7.96. The third-order valence-corrected chi connectivity index (χ3v) is 7.39. The van der Waals surface area contributed by atoms with Gasteiger partial charge in [0.1, 0.15) is 0 Å². The molecule has 4 heteroatoms. The van der Waals surface area contributed by atoms with Gasteiger partial charge >= 0.3 is 7.60 Å². The number of rotatable bonds is 7. The van der Waals surface area contributed by atoms with Crippen LogP contribution >= 0.6 is 7.60 Å². The fourth-order valence-corrected chi connectivity index (χ4v) is 5.75. The van der Waals surface area contributed by atoms with Crippen LogP contribution in [0.15, 0.2) is 24.3 Å². The van der Waals surface area contributed by atoms with E-state index >= 15 is 0 Å². The van der Waals surface area contributed by atoms with Crippen molar-refractivity contribution in [2.24, 2.45) is 11.8 Å². The molecule has 0 spiro atoms. The van der Waals surface area contributed by atoms with E-state index in [4.69, 9.17) is 9.05 Å². The molecular formula is C19H29O3P. The Morgan fingerprint density at radius 2 is 1.39 bits per heavy atom. The van der Waals surface area contributed by atoms with E-state index in [0.29, 0.717) is 25.0 Å². The second-order valence-corrected chi connectivity index (χ2v) is 9.17. The highest BCUT2D eigenvalue weighted by Gasteiger charge is 2.32. The molecule has 0 aromatic heterocycles. The van der Waals surface area contributed by atoms with Crippen LogP contribution in [0.5, 0.6) is 0 Å². The maximum Gasteiger partial charge on any atom is 0.361 e. The molecule has 2 saturated carbocycles. The molecule has 3 nitrogen and oxygen atoms in total. The molecule has 0 heterocycles. The normalized spacial score (nSPS) is 20.4. The lowest BCUT2D eigenvalue weighted by Gasteiger charge is -2.23. The first-order chi connectivity index (χ1) is 11.2. The Hall–Kier alpha value is -0.630. The summed E-state index contributed by atoms with van der Waals surface area (Å²) in [5, 5.41) is 0.746. The molecule has 0 radical (unpaired) electrons. The molecule has 2 aliphatic carbocycles. The molecule has 2 fully saturated rings. The highest BCUT2D eigenvalue weighted by atomic mass is 31.2. The van der Waals surface area contributed by atoms with Crippen LogP contribution in [0.2, 0.25) is 0 Å². The van der Waals surface area contributed by atoms with Gasteiger partial charge in [-0.15, -0.1) is 0 Å². The summed E-state index contributed by atoms with van der Waals surface area (Å²) in [6.45, 7) is 3.12. The molecule has 23 heavy (non-hydrogen) atoms. The third kappa shape index (κ3) is 4.47. The first-order valence-electron chi connectivity index (χ1n) is 9.13. The molecule has 2 aliphatic rings. The van der Waals surface area contributed by atoms with Gasteiger partial charge in [-0.25, -0.2) is 0 Å². The van der Waals surface area contributed by atoms with Crippen molar-refractivity contribution in [2.75, 3.05) is 13.2 Å². The van der Waals surface area contributed by atoms with Gasteiger partial charge in [-0.1, -0.05) is 43.9 Å². The van der Waals surface area contributed by atoms with Crippen LogP contribution in [0.4, 0.5) is 0 Å². The predicted molar refractivity (Wildman–Crippen MR) is 94.2 cm³/mol. The topological polar surface area (TPSA) is 35.5 Å². The Balaban J connectivity index is 1.70. The Morgan fingerprint density at radius 1 is 0.913 bits per heavy atom. The van der Waals surface area contributed by atoms with Crippen LogP contribution in [0.3, 0.4) is 0 Å². The quantitative estimate of drug-likeness (QED) is 0.640. The van der Waals surface area contributed by atoms with Crippen molar-refractivity contribution in [1.82, 2.24) is 0 Å². The molecule has 0 unspecified atom stereocenters. The summed E-state index contributed by atoms with van der Waals surface area (Å²) in [7, 11) is -3.21. The minimum atomic E-state index is -3.21. The highest BCUT2D eigenvalue weighted by molar-refractivity contribution is 7.62. The van der Waals surface area contributed by atoms with E-state index in [-0.39, 0.29) is 0 Å². The van der Waals surface area contributed by atoms with E-state index in [9.17, 15) is 4.57 Å². The first-order valence-corrected chi connectivity index (χ1v) is 10.7. The molecule has 0 bridgehead atoms. The Bertz CT molecular complexity index is 521. The van der Waals surface area contributed by atoms with Crippen molar-refractivity contribution in [3.63, 3.8) is 0 Å². The molecule has 128 valence electrons. The smallest absolute Gasteiger partial charge is 0.305 e. The van der Waals surface area contributed by atoms with E-state index in [2.05, 4.69) is 0 Å². The zero-order valence-corrected chi connectivity index (χ0v) is 15.1. The summed E-state index contributed by atoms with van der Waals surface area (Å²) < 4.78 is 25.5. The summed E-state index contributed by atoms with van der Waals surface area (Å²) in [4.78, 5) is 0. The van der Waals surface area contributed by atoms with Crippen molar-refractivity contribution in [3.05, 3.63) is 29.8 Å². The van der Waals surface area contributed by atoms with Crippen molar-refractivity contribution < 1.29 is 13.6 Å². The molecule has 0 saturated heterocycles. The lowest BCUT2D eigenvalue weighted by molar-refractivity contribution is 0.169. The van der Waals surface area contributed by atoms with E-state index in [0.717, 1.165) is 10.9 Å². The summed E-state index contributed by atoms with van der Waals surface area (Å²) in [6, 6.07) is 7.78. The molecular weight excluding hydrogens is 307 g/mol. The maximum absolute atomic E-state index is 13.5. The standard InChI is InChI=1S/C19H29O3P/c1-16-8-2-7-13-19(16)23(20,21-14-17-9-3-4-10-17)22-15-18-11-5-6-12-18/h2,7-8,13,17-18H,3-6,9-12,14-15H2,1H3. The van der Waals surface area contributed by atoms with Gasteiger partial charge in [0.15, 0.2) is 0 Å². The van der Waals surface area contributed by atoms with Gasteiger partial charge in [-0.2, -0.15) is 0 Å². The van der Waals surface area contributed by atoms with Gasteiger partial charge < -0.3 is 9.05 Å². The highest BCUT2D eigenvalue weighted by Crippen LogP contribution is 2.50. The van der Waals surface area contributed by atoms with Crippen molar-refractivity contribution in [3.8, 4) is 0 Å². The van der Waals surface area contributed by atoms with Gasteiger partial charge in [-0.05, 0) is 56.1 Å². The van der Waals surface area contributed by atoms with Gasteiger partial charge in [0, 0.05) is 0 Å². The van der Waals surface area contributed by atoms with E-state index in [1.165, 1.54) is 51.4 Å². The molecule has 1 aromatic rings. The Kier molecular flexibility index (Phi) is 5.96. The molecule has 3 rings (SSSR count). The summed E-state index contributed by atoms with van der Waals surface area (Å²) in [6.07, 6.45) is 9.84. The fraction of sp³-hybridized carbons (Fsp3) is 0.684. The van der Waals surface area contributed by atoms with E-state index < -0.39 is 7.60 Å². The summed E-state index contributed by atoms with van der Waals surface area (Å²) in [5.41, 5.74) is 0.994. The average Bonchev–Trinajstić information content (AvgIpc) is 3.25. The van der Waals surface area contributed by atoms with Crippen molar-refractivity contribution in [1.29, 1.82) is 0 Å². The van der Waals surface area contributed by atoms with Gasteiger partial charge in [0.05, 0.1) is 18.5 Å². The lowest BCUT2D eigenvalue weighted by atomic mass is 10.1. The average molecular weight is 336 g/mol. The Morgan fingerprint density at radius 3 is 1.87 bits per heavy atom. The van der Waals surface area contributed by atoms with Crippen LogP contribution in [0, 0.1) is 18.8 Å². The minimum Gasteiger partial charge on any atom is -0.305 e. The van der Waals surface area contributed by atoms with E-state index in [1.807, 2.05) is 31.2 Å². The zero-order chi connectivity index (χ0) is 16.1. The number of benzene rings is 1. The molecule has 0 aliphatic heterocycles. The first kappa shape index (κ1) is 17.2. The van der Waals surface area contributed by atoms with Crippen molar-refractivity contribution in [2.45, 2.75) is 58.3 Å². The SMILES string of the molecule is Cc1ccccc1P(=O)(OCC1CCCC1)OCC1CCCC1. The number of hydrogen-bond acceptors (Lipinski definition) is 3. The lowest BCUT2D eigenvalue weighted by Crippen LogP contribution is -2.18. The van der Waals surface area contributed by atoms with Crippen LogP contribution in [-0.4, -0.2) is 13.2 Å². The second-order valence-electron chi connectivity index (χ2n) is 7.18. The van der Waals surface area contributed by atoms with Crippen LogP contribution in [-0.2, 0) is 13.6 Å². The van der Waals surface area contributed by atoms with Crippen LogP contribution < -0.4 is 5.30 Å². The monoisotopic (exact) mass is 336 g/mol. The van der Waals surface area contributed by atoms with Gasteiger partial charge in [0.2, 0.25) is 0 Å². The minimum absolute atomic E-state index is 0.544. The van der Waals surface area contributed by atoms with E-state index in [1.54, 1.807) is 0 Å². The fourth-order valence-electron chi connectivity index (χ4n) is 3.81. The zero-order valence-electron chi connectivity index (χ0n) is 14.2. The Labute approximate surface area is 140 Å². The van der Waals surface area contributed by atoms with Crippen LogP contribution in [0.25, 0.3) is 0 Å². The third-order valence-electron chi connectivity index (χ3n) is 5.32. The largest absolute Gasteiger partial charge is 0.361 e. The predicted octanol–water partition coefficient (Wildman–Crippen LogP) is 5.23. The molecule has 0 atom stereocenters. The summed E-state index contributed by atoms with van der Waals surface area (Å²) in [5.74, 6) is 1.09. The van der Waals surface area contributed by atoms with Crippen LogP contribution in [0.1, 0.15) is 56.9 Å². The molecule has 0 amide bonds. The van der Waals surface area contributed by atoms with Gasteiger partial charge in [0.25, 0.3) is 0 Å². The molecule has 1 aromatic carbocycles. The number of hydrogen-bond donors (Lipinski definition) is 0. The van der Waals surface area contributed by atoms with Crippen molar-refractivity contribution >= 4 is 12.9 Å². The number of aryl methyl sites for hydroxylation is 1.